The quantitative estimate of drug-likeness (QED) is 0.569. The topological polar surface area (TPSA) is 17.1 Å². The molecule has 88 valence electrons. The number of benzene rings is 1. The smallest absolute Gasteiger partial charge is 0.168 e. The number of Topliss-reactive ketones (excluding diaryl/α,β-unsaturated/α-hetero) is 1. The van der Waals surface area contributed by atoms with Crippen LogP contribution in [0.4, 0.5) is 13.2 Å². The van der Waals surface area contributed by atoms with Crippen molar-refractivity contribution >= 4 is 5.78 Å². The number of carbonyl (C=O) groups is 1. The molecule has 0 spiro atoms. The van der Waals surface area contributed by atoms with E-state index in [9.17, 15) is 18.0 Å². The van der Waals surface area contributed by atoms with Crippen LogP contribution in [0.3, 0.4) is 0 Å². The summed E-state index contributed by atoms with van der Waals surface area (Å²) >= 11 is 0. The van der Waals surface area contributed by atoms with Crippen molar-refractivity contribution in [3.8, 4) is 0 Å². The highest BCUT2D eigenvalue weighted by Crippen LogP contribution is 2.20. The Bertz CT molecular complexity index is 397. The third kappa shape index (κ3) is 2.43. The van der Waals surface area contributed by atoms with Crippen molar-refractivity contribution in [3.63, 3.8) is 0 Å². The summed E-state index contributed by atoms with van der Waals surface area (Å²) in [6.07, 6.45) is 1.10. The van der Waals surface area contributed by atoms with E-state index >= 15 is 0 Å². The first-order chi connectivity index (χ1) is 7.51. The molecule has 0 aliphatic heterocycles. The molecule has 0 aliphatic carbocycles. The van der Waals surface area contributed by atoms with Gasteiger partial charge in [0, 0.05) is 12.0 Å². The number of ketones is 1. The predicted molar refractivity (Wildman–Crippen MR) is 54.7 cm³/mol. The van der Waals surface area contributed by atoms with Gasteiger partial charge in [-0.05, 0) is 18.9 Å². The van der Waals surface area contributed by atoms with E-state index in [-0.39, 0.29) is 11.5 Å². The molecule has 0 heterocycles. The lowest BCUT2D eigenvalue weighted by atomic mass is 9.93. The molecule has 1 aromatic carbocycles. The zero-order valence-corrected chi connectivity index (χ0v) is 9.19. The highest BCUT2D eigenvalue weighted by molar-refractivity contribution is 5.98. The van der Waals surface area contributed by atoms with Crippen molar-refractivity contribution in [3.05, 3.63) is 35.1 Å². The van der Waals surface area contributed by atoms with E-state index in [1.54, 1.807) is 13.8 Å². The van der Waals surface area contributed by atoms with Crippen LogP contribution >= 0.6 is 0 Å². The molecule has 16 heavy (non-hydrogen) atoms. The number of hydrogen-bond donors (Lipinski definition) is 0. The third-order valence-electron chi connectivity index (χ3n) is 2.63. The number of hydrogen-bond acceptors (Lipinski definition) is 1. The molecule has 0 saturated carbocycles. The van der Waals surface area contributed by atoms with Crippen molar-refractivity contribution in [2.24, 2.45) is 5.92 Å². The van der Waals surface area contributed by atoms with Gasteiger partial charge in [0.1, 0.15) is 5.82 Å². The zero-order chi connectivity index (χ0) is 12.3. The normalized spacial score (nSPS) is 10.9. The molecule has 0 N–H and O–H groups in total. The molecular formula is C12H13F3O. The van der Waals surface area contributed by atoms with Gasteiger partial charge >= 0.3 is 0 Å². The zero-order valence-electron chi connectivity index (χ0n) is 9.19. The molecule has 0 aromatic heterocycles. The highest BCUT2D eigenvalue weighted by Gasteiger charge is 2.21. The second-order valence-electron chi connectivity index (χ2n) is 3.62. The van der Waals surface area contributed by atoms with Gasteiger partial charge < -0.3 is 0 Å². The third-order valence-corrected chi connectivity index (χ3v) is 2.63. The predicted octanol–water partition coefficient (Wildman–Crippen LogP) is 3.72. The largest absolute Gasteiger partial charge is 0.294 e. The number of carbonyl (C=O) groups excluding carboxylic acids is 1. The summed E-state index contributed by atoms with van der Waals surface area (Å²) in [5.74, 6) is -4.30. The van der Waals surface area contributed by atoms with Gasteiger partial charge in [-0.25, -0.2) is 13.2 Å². The van der Waals surface area contributed by atoms with Crippen molar-refractivity contribution in [1.82, 2.24) is 0 Å². The fraction of sp³-hybridized carbons (Fsp3) is 0.417. The van der Waals surface area contributed by atoms with Gasteiger partial charge in [0.25, 0.3) is 0 Å². The number of halogens is 3. The fourth-order valence-electron chi connectivity index (χ4n) is 1.59. The van der Waals surface area contributed by atoms with Gasteiger partial charge in [0.05, 0.1) is 5.56 Å². The van der Waals surface area contributed by atoms with Crippen molar-refractivity contribution in [1.29, 1.82) is 0 Å². The second-order valence-corrected chi connectivity index (χ2v) is 3.62. The van der Waals surface area contributed by atoms with Gasteiger partial charge in [-0.2, -0.15) is 0 Å². The average molecular weight is 230 g/mol. The van der Waals surface area contributed by atoms with E-state index in [2.05, 4.69) is 0 Å². The van der Waals surface area contributed by atoms with E-state index in [0.29, 0.717) is 25.0 Å². The molecule has 1 aromatic rings. The molecule has 4 heteroatoms. The van der Waals surface area contributed by atoms with Gasteiger partial charge in [-0.1, -0.05) is 13.8 Å². The van der Waals surface area contributed by atoms with Crippen LogP contribution in [0.2, 0.25) is 0 Å². The SMILES string of the molecule is CCC(CC)C(=O)c1cc(F)c(F)cc1F. The van der Waals surface area contributed by atoms with Gasteiger partial charge in [0.2, 0.25) is 0 Å². The highest BCUT2D eigenvalue weighted by atomic mass is 19.2. The summed E-state index contributed by atoms with van der Waals surface area (Å²) in [6.45, 7) is 3.59. The molecule has 0 amide bonds. The molecule has 0 unspecified atom stereocenters. The Hall–Kier alpha value is -1.32. The van der Waals surface area contributed by atoms with E-state index in [0.717, 1.165) is 0 Å². The van der Waals surface area contributed by atoms with E-state index in [4.69, 9.17) is 0 Å². The Morgan fingerprint density at radius 3 is 2.06 bits per heavy atom. The van der Waals surface area contributed by atoms with Crippen LogP contribution in [-0.2, 0) is 0 Å². The van der Waals surface area contributed by atoms with Gasteiger partial charge in [-0.3, -0.25) is 4.79 Å². The maximum atomic E-state index is 13.3. The summed E-state index contributed by atoms with van der Waals surface area (Å²) in [7, 11) is 0. The van der Waals surface area contributed by atoms with Crippen LogP contribution in [-0.4, -0.2) is 5.78 Å². The number of rotatable bonds is 4. The first kappa shape index (κ1) is 12.7. The van der Waals surface area contributed by atoms with Crippen molar-refractivity contribution < 1.29 is 18.0 Å². The first-order valence-electron chi connectivity index (χ1n) is 5.20. The fourth-order valence-corrected chi connectivity index (χ4v) is 1.59. The molecular weight excluding hydrogens is 217 g/mol. The minimum absolute atomic E-state index is 0.348. The maximum Gasteiger partial charge on any atom is 0.168 e. The van der Waals surface area contributed by atoms with Crippen molar-refractivity contribution in [2.45, 2.75) is 26.7 Å². The average Bonchev–Trinajstić information content (AvgIpc) is 2.25. The van der Waals surface area contributed by atoms with Crippen LogP contribution in [0, 0.1) is 23.4 Å². The summed E-state index contributed by atoms with van der Waals surface area (Å²) < 4.78 is 38.8. The van der Waals surface area contributed by atoms with E-state index in [1.807, 2.05) is 0 Å². The Labute approximate surface area is 92.3 Å². The molecule has 1 nitrogen and oxygen atoms in total. The summed E-state index contributed by atoms with van der Waals surface area (Å²) in [5.41, 5.74) is -0.368. The molecule has 0 saturated heterocycles. The van der Waals surface area contributed by atoms with Crippen LogP contribution in [0.15, 0.2) is 12.1 Å². The molecule has 0 radical (unpaired) electrons. The van der Waals surface area contributed by atoms with Crippen LogP contribution in [0.25, 0.3) is 0 Å². The lowest BCUT2D eigenvalue weighted by Crippen LogP contribution is -2.15. The molecule has 0 fully saturated rings. The molecule has 0 bridgehead atoms. The van der Waals surface area contributed by atoms with Crippen LogP contribution < -0.4 is 0 Å². The Morgan fingerprint density at radius 2 is 1.56 bits per heavy atom. The monoisotopic (exact) mass is 230 g/mol. The van der Waals surface area contributed by atoms with Crippen molar-refractivity contribution in [2.75, 3.05) is 0 Å². The Morgan fingerprint density at radius 1 is 1.06 bits per heavy atom. The summed E-state index contributed by atoms with van der Waals surface area (Å²) in [6, 6.07) is 1.04. The standard InChI is InChI=1S/C12H13F3O/c1-3-7(4-2)12(16)8-5-10(14)11(15)6-9(8)13/h5-7H,3-4H2,1-2H3. The summed E-state index contributed by atoms with van der Waals surface area (Å²) in [4.78, 5) is 11.8. The Balaban J connectivity index is 3.13. The van der Waals surface area contributed by atoms with Gasteiger partial charge in [-0.15, -0.1) is 0 Å². The minimum atomic E-state index is -1.28. The maximum absolute atomic E-state index is 13.3. The van der Waals surface area contributed by atoms with Crippen LogP contribution in [0.5, 0.6) is 0 Å². The second kappa shape index (κ2) is 5.14. The van der Waals surface area contributed by atoms with E-state index < -0.39 is 23.2 Å². The lowest BCUT2D eigenvalue weighted by Gasteiger charge is -2.11. The van der Waals surface area contributed by atoms with Crippen LogP contribution in [0.1, 0.15) is 37.0 Å². The lowest BCUT2D eigenvalue weighted by molar-refractivity contribution is 0.0908. The molecule has 0 atom stereocenters. The molecule has 0 aliphatic rings. The summed E-state index contributed by atoms with van der Waals surface area (Å²) in [5, 5.41) is 0. The molecule has 1 rings (SSSR count). The Kier molecular flexibility index (Phi) is 4.10. The first-order valence-corrected chi connectivity index (χ1v) is 5.20. The minimum Gasteiger partial charge on any atom is -0.294 e. The van der Waals surface area contributed by atoms with Gasteiger partial charge in [0.15, 0.2) is 17.4 Å². The van der Waals surface area contributed by atoms with E-state index in [1.165, 1.54) is 0 Å².